The molecule has 6 nitrogen and oxygen atoms in total. The smallest absolute Gasteiger partial charge is 0.186 e. The number of thiocarbonyl (C=S) groups is 1. The Bertz CT molecular complexity index is 516. The topological polar surface area (TPSA) is 58.1 Å². The largest absolute Gasteiger partial charge is 0.494 e. The van der Waals surface area contributed by atoms with Crippen LogP contribution < -0.4 is 15.5 Å². The minimum Gasteiger partial charge on any atom is -0.494 e. The first-order valence-electron chi connectivity index (χ1n) is 8.38. The molecule has 0 amide bonds. The summed E-state index contributed by atoms with van der Waals surface area (Å²) in [7, 11) is 0. The summed E-state index contributed by atoms with van der Waals surface area (Å²) in [5.74, 6) is 0.861. The highest BCUT2D eigenvalue weighted by Crippen LogP contribution is 2.10. The van der Waals surface area contributed by atoms with E-state index in [4.69, 9.17) is 21.7 Å². The molecule has 1 aromatic carbocycles. The molecule has 1 heterocycles. The SMILES string of the molecule is CCOc1ccc(/C=N/NC(=S)NCCCN2CCOCC2)cc1. The van der Waals surface area contributed by atoms with Gasteiger partial charge in [0, 0.05) is 19.6 Å². The van der Waals surface area contributed by atoms with Gasteiger partial charge in [-0.05, 0) is 61.9 Å². The van der Waals surface area contributed by atoms with Gasteiger partial charge >= 0.3 is 0 Å². The van der Waals surface area contributed by atoms with Crippen LogP contribution in [0.25, 0.3) is 0 Å². The number of rotatable bonds is 8. The molecule has 0 atom stereocenters. The number of nitrogens with one attached hydrogen (secondary N) is 2. The molecule has 0 aliphatic carbocycles. The molecular formula is C17H26N4O2S. The maximum absolute atomic E-state index is 5.40. The molecule has 0 saturated carbocycles. The summed E-state index contributed by atoms with van der Waals surface area (Å²) in [4.78, 5) is 2.41. The summed E-state index contributed by atoms with van der Waals surface area (Å²) < 4.78 is 10.7. The molecule has 0 bridgehead atoms. The number of nitrogens with zero attached hydrogens (tertiary/aromatic N) is 2. The first-order chi connectivity index (χ1) is 11.8. The first-order valence-corrected chi connectivity index (χ1v) is 8.78. The third-order valence-corrected chi connectivity index (χ3v) is 3.85. The second-order valence-electron chi connectivity index (χ2n) is 5.44. The fourth-order valence-corrected chi connectivity index (χ4v) is 2.51. The minimum absolute atomic E-state index is 0.541. The molecule has 1 saturated heterocycles. The molecule has 0 radical (unpaired) electrons. The predicted molar refractivity (Wildman–Crippen MR) is 101 cm³/mol. The summed E-state index contributed by atoms with van der Waals surface area (Å²) >= 11 is 5.20. The molecule has 0 aromatic heterocycles. The molecule has 0 unspecified atom stereocenters. The standard InChI is InChI=1S/C17H26N4O2S/c1-2-23-16-6-4-15(5-7-16)14-19-20-17(24)18-8-3-9-21-10-12-22-13-11-21/h4-7,14H,2-3,8-13H2,1H3,(H2,18,20,24)/b19-14+. The van der Waals surface area contributed by atoms with E-state index in [-0.39, 0.29) is 0 Å². The fraction of sp³-hybridized carbons (Fsp3) is 0.529. The van der Waals surface area contributed by atoms with Gasteiger partial charge in [-0.25, -0.2) is 0 Å². The lowest BCUT2D eigenvalue weighted by Gasteiger charge is -2.26. The molecule has 7 heteroatoms. The molecule has 2 N–H and O–H groups in total. The van der Waals surface area contributed by atoms with Crippen molar-refractivity contribution in [1.82, 2.24) is 15.6 Å². The van der Waals surface area contributed by atoms with Crippen LogP contribution in [-0.4, -0.2) is 62.2 Å². The van der Waals surface area contributed by atoms with Crippen molar-refractivity contribution in [1.29, 1.82) is 0 Å². The van der Waals surface area contributed by atoms with E-state index in [1.165, 1.54) is 0 Å². The second-order valence-corrected chi connectivity index (χ2v) is 5.84. The molecular weight excluding hydrogens is 324 g/mol. The third kappa shape index (κ3) is 7.25. The Morgan fingerprint density at radius 2 is 2.08 bits per heavy atom. The first kappa shape index (κ1) is 18.6. The van der Waals surface area contributed by atoms with Crippen molar-refractivity contribution in [3.8, 4) is 5.75 Å². The highest BCUT2D eigenvalue weighted by molar-refractivity contribution is 7.80. The van der Waals surface area contributed by atoms with Crippen LogP contribution in [-0.2, 0) is 4.74 Å². The van der Waals surface area contributed by atoms with Crippen LogP contribution in [0.5, 0.6) is 5.75 Å². The van der Waals surface area contributed by atoms with Crippen LogP contribution >= 0.6 is 12.2 Å². The van der Waals surface area contributed by atoms with Gasteiger partial charge in [0.15, 0.2) is 5.11 Å². The van der Waals surface area contributed by atoms with Crippen LogP contribution in [0.3, 0.4) is 0 Å². The van der Waals surface area contributed by atoms with Crippen molar-refractivity contribution in [3.05, 3.63) is 29.8 Å². The molecule has 2 rings (SSSR count). The number of benzene rings is 1. The second kappa shape index (κ2) is 11.0. The van der Waals surface area contributed by atoms with E-state index in [1.807, 2.05) is 31.2 Å². The lowest BCUT2D eigenvalue weighted by molar-refractivity contribution is 0.0376. The average Bonchev–Trinajstić information content (AvgIpc) is 2.61. The Labute approximate surface area is 149 Å². The number of hydrogen-bond donors (Lipinski definition) is 2. The van der Waals surface area contributed by atoms with Crippen molar-refractivity contribution in [3.63, 3.8) is 0 Å². The monoisotopic (exact) mass is 350 g/mol. The maximum Gasteiger partial charge on any atom is 0.186 e. The summed E-state index contributed by atoms with van der Waals surface area (Å²) in [6, 6.07) is 7.75. The van der Waals surface area contributed by atoms with E-state index in [1.54, 1.807) is 6.21 Å². The lowest BCUT2D eigenvalue weighted by atomic mass is 10.2. The lowest BCUT2D eigenvalue weighted by Crippen LogP contribution is -2.39. The molecule has 0 spiro atoms. The van der Waals surface area contributed by atoms with E-state index in [2.05, 4.69) is 20.7 Å². The Morgan fingerprint density at radius 3 is 2.79 bits per heavy atom. The van der Waals surface area contributed by atoms with Gasteiger partial charge in [-0.1, -0.05) is 0 Å². The van der Waals surface area contributed by atoms with E-state index in [0.29, 0.717) is 11.7 Å². The Morgan fingerprint density at radius 1 is 1.33 bits per heavy atom. The Hall–Kier alpha value is -1.70. The van der Waals surface area contributed by atoms with Crippen LogP contribution in [0.1, 0.15) is 18.9 Å². The van der Waals surface area contributed by atoms with Crippen LogP contribution in [0, 0.1) is 0 Å². The van der Waals surface area contributed by atoms with Gasteiger partial charge in [0.05, 0.1) is 26.0 Å². The van der Waals surface area contributed by atoms with E-state index in [9.17, 15) is 0 Å². The van der Waals surface area contributed by atoms with Crippen molar-refractivity contribution >= 4 is 23.5 Å². The number of hydrogen-bond acceptors (Lipinski definition) is 5. The fourth-order valence-electron chi connectivity index (χ4n) is 2.35. The Balaban J connectivity index is 1.58. The summed E-state index contributed by atoms with van der Waals surface area (Å²) in [5.41, 5.74) is 3.82. The van der Waals surface area contributed by atoms with Gasteiger partial charge in [0.2, 0.25) is 0 Å². The van der Waals surface area contributed by atoms with Crippen molar-refractivity contribution in [2.45, 2.75) is 13.3 Å². The van der Waals surface area contributed by atoms with Crippen molar-refractivity contribution in [2.75, 3.05) is 46.0 Å². The van der Waals surface area contributed by atoms with Gasteiger partial charge < -0.3 is 14.8 Å². The molecule has 1 fully saturated rings. The van der Waals surface area contributed by atoms with E-state index < -0.39 is 0 Å². The normalized spacial score (nSPS) is 15.4. The quantitative estimate of drug-likeness (QED) is 0.321. The summed E-state index contributed by atoms with van der Waals surface area (Å²) in [6.45, 7) is 8.26. The molecule has 132 valence electrons. The van der Waals surface area contributed by atoms with Gasteiger partial charge in [-0.3, -0.25) is 10.3 Å². The van der Waals surface area contributed by atoms with Gasteiger partial charge in [-0.2, -0.15) is 5.10 Å². The van der Waals surface area contributed by atoms with Crippen LogP contribution in [0.15, 0.2) is 29.4 Å². The molecule has 1 aromatic rings. The summed E-state index contributed by atoms with van der Waals surface area (Å²) in [5, 5.41) is 7.84. The van der Waals surface area contributed by atoms with Gasteiger partial charge in [0.1, 0.15) is 5.75 Å². The zero-order valence-corrected chi connectivity index (χ0v) is 15.0. The number of ether oxygens (including phenoxy) is 2. The zero-order chi connectivity index (χ0) is 17.0. The van der Waals surface area contributed by atoms with E-state index in [0.717, 1.165) is 57.1 Å². The summed E-state index contributed by atoms with van der Waals surface area (Å²) in [6.07, 6.45) is 2.78. The minimum atomic E-state index is 0.541. The number of hydrazone groups is 1. The van der Waals surface area contributed by atoms with Gasteiger partial charge in [-0.15, -0.1) is 0 Å². The maximum atomic E-state index is 5.40. The highest BCUT2D eigenvalue weighted by atomic mass is 32.1. The van der Waals surface area contributed by atoms with Crippen molar-refractivity contribution < 1.29 is 9.47 Å². The molecule has 24 heavy (non-hydrogen) atoms. The van der Waals surface area contributed by atoms with E-state index >= 15 is 0 Å². The molecule has 1 aliphatic heterocycles. The van der Waals surface area contributed by atoms with Crippen LogP contribution in [0.4, 0.5) is 0 Å². The Kier molecular flexibility index (Phi) is 8.51. The average molecular weight is 350 g/mol. The number of morpholine rings is 1. The molecule has 1 aliphatic rings. The third-order valence-electron chi connectivity index (χ3n) is 3.61. The highest BCUT2D eigenvalue weighted by Gasteiger charge is 2.08. The van der Waals surface area contributed by atoms with Crippen LogP contribution in [0.2, 0.25) is 0 Å². The predicted octanol–water partition coefficient (Wildman–Crippen LogP) is 1.61. The van der Waals surface area contributed by atoms with Crippen molar-refractivity contribution in [2.24, 2.45) is 5.10 Å². The zero-order valence-electron chi connectivity index (χ0n) is 14.2. The van der Waals surface area contributed by atoms with Gasteiger partial charge in [0.25, 0.3) is 0 Å².